The van der Waals surface area contributed by atoms with Crippen LogP contribution in [0.25, 0.3) is 0 Å². The van der Waals surface area contributed by atoms with Gasteiger partial charge < -0.3 is 10.1 Å². The lowest BCUT2D eigenvalue weighted by Crippen LogP contribution is -2.41. The number of ether oxygens (including phenoxy) is 1. The van der Waals surface area contributed by atoms with Gasteiger partial charge in [-0.05, 0) is 38.1 Å². The van der Waals surface area contributed by atoms with Crippen LogP contribution in [0.4, 0.5) is 0 Å². The maximum Gasteiger partial charge on any atom is 0.339 e. The fourth-order valence-corrected chi connectivity index (χ4v) is 4.72. The lowest BCUT2D eigenvalue weighted by Gasteiger charge is -2.24. The number of esters is 1. The van der Waals surface area contributed by atoms with Crippen molar-refractivity contribution in [2.45, 2.75) is 23.8 Å². The number of nitrogens with one attached hydrogen (secondary N) is 1. The lowest BCUT2D eigenvalue weighted by atomic mass is 10.2. The average Bonchev–Trinajstić information content (AvgIpc) is 2.95. The molecule has 0 spiro atoms. The smallest absolute Gasteiger partial charge is 0.339 e. The van der Waals surface area contributed by atoms with Gasteiger partial charge in [-0.15, -0.1) is 0 Å². The number of rotatable bonds is 5. The van der Waals surface area contributed by atoms with E-state index >= 15 is 0 Å². The Morgan fingerprint density at radius 1 is 1.50 bits per heavy atom. The molecule has 1 N–H and O–H groups in total. The maximum absolute atomic E-state index is 12.9. The highest BCUT2D eigenvalue weighted by atomic mass is 35.5. The Bertz CT molecular complexity index is 663. The average molecular weight is 347 g/mol. The van der Waals surface area contributed by atoms with Crippen molar-refractivity contribution in [2.24, 2.45) is 0 Å². The zero-order valence-corrected chi connectivity index (χ0v) is 14.1. The number of carbonyl (C=O) groups excluding carboxylic acids is 1. The van der Waals surface area contributed by atoms with Crippen LogP contribution >= 0.6 is 11.6 Å². The van der Waals surface area contributed by atoms with Gasteiger partial charge >= 0.3 is 5.97 Å². The van der Waals surface area contributed by atoms with E-state index in [2.05, 4.69) is 10.1 Å². The predicted octanol–water partition coefficient (Wildman–Crippen LogP) is 1.50. The SMILES string of the molecule is CNCC1CCCN1S(=O)(=O)c1ccc(Cl)cc1C(=O)OC. The Balaban J connectivity index is 2.47. The third-order valence-corrected chi connectivity index (χ3v) is 5.94. The van der Waals surface area contributed by atoms with E-state index < -0.39 is 16.0 Å². The summed E-state index contributed by atoms with van der Waals surface area (Å²) in [7, 11) is -0.788. The summed E-state index contributed by atoms with van der Waals surface area (Å²) in [6.07, 6.45) is 1.59. The molecule has 1 aliphatic heterocycles. The number of methoxy groups -OCH3 is 1. The molecule has 6 nitrogen and oxygen atoms in total. The predicted molar refractivity (Wildman–Crippen MR) is 83.6 cm³/mol. The number of sulfonamides is 1. The first-order valence-electron chi connectivity index (χ1n) is 6.96. The van der Waals surface area contributed by atoms with Gasteiger partial charge in [0.15, 0.2) is 0 Å². The number of hydrogen-bond acceptors (Lipinski definition) is 5. The molecular formula is C14H19ClN2O4S. The fraction of sp³-hybridized carbons (Fsp3) is 0.500. The molecule has 8 heteroatoms. The first-order chi connectivity index (χ1) is 10.4. The van der Waals surface area contributed by atoms with Crippen molar-refractivity contribution in [3.63, 3.8) is 0 Å². The largest absolute Gasteiger partial charge is 0.465 e. The molecule has 1 aromatic carbocycles. The molecular weight excluding hydrogens is 328 g/mol. The van der Waals surface area contributed by atoms with Crippen molar-refractivity contribution in [3.05, 3.63) is 28.8 Å². The van der Waals surface area contributed by atoms with Gasteiger partial charge in [0.1, 0.15) is 0 Å². The molecule has 1 fully saturated rings. The van der Waals surface area contributed by atoms with Crippen molar-refractivity contribution in [1.29, 1.82) is 0 Å². The van der Waals surface area contributed by atoms with Crippen LogP contribution in [0.2, 0.25) is 5.02 Å². The second-order valence-electron chi connectivity index (χ2n) is 5.10. The number of carbonyl (C=O) groups is 1. The van der Waals surface area contributed by atoms with Gasteiger partial charge in [-0.3, -0.25) is 0 Å². The summed E-state index contributed by atoms with van der Waals surface area (Å²) < 4.78 is 32.0. The van der Waals surface area contributed by atoms with E-state index in [1.807, 2.05) is 0 Å². The Labute approximate surface area is 135 Å². The minimum Gasteiger partial charge on any atom is -0.465 e. The molecule has 1 atom stereocenters. The standard InChI is InChI=1S/C14H19ClN2O4S/c1-16-9-11-4-3-7-17(11)22(19,20)13-6-5-10(15)8-12(13)14(18)21-2/h5-6,8,11,16H,3-4,7,9H2,1-2H3. The number of halogens is 1. The zero-order valence-electron chi connectivity index (χ0n) is 12.5. The molecule has 2 rings (SSSR count). The van der Waals surface area contributed by atoms with E-state index in [1.54, 1.807) is 7.05 Å². The van der Waals surface area contributed by atoms with E-state index in [4.69, 9.17) is 11.6 Å². The third-order valence-electron chi connectivity index (χ3n) is 3.70. The summed E-state index contributed by atoms with van der Waals surface area (Å²) in [6.45, 7) is 1.01. The summed E-state index contributed by atoms with van der Waals surface area (Å²) in [5, 5.41) is 3.29. The second kappa shape index (κ2) is 6.95. The second-order valence-corrected chi connectivity index (χ2v) is 7.40. The summed E-state index contributed by atoms with van der Waals surface area (Å²) in [6, 6.07) is 4.03. The van der Waals surface area contributed by atoms with Crippen molar-refractivity contribution < 1.29 is 17.9 Å². The molecule has 0 amide bonds. The van der Waals surface area contributed by atoms with Crippen LogP contribution < -0.4 is 5.32 Å². The molecule has 1 heterocycles. The first-order valence-corrected chi connectivity index (χ1v) is 8.78. The highest BCUT2D eigenvalue weighted by molar-refractivity contribution is 7.89. The first kappa shape index (κ1) is 17.2. The van der Waals surface area contributed by atoms with Gasteiger partial charge in [0.2, 0.25) is 10.0 Å². The highest BCUT2D eigenvalue weighted by Crippen LogP contribution is 2.29. The number of nitrogens with zero attached hydrogens (tertiary/aromatic N) is 1. The quantitative estimate of drug-likeness (QED) is 0.818. The van der Waals surface area contributed by atoms with Crippen LogP contribution in [0.15, 0.2) is 23.1 Å². The topological polar surface area (TPSA) is 75.7 Å². The molecule has 0 aromatic heterocycles. The third kappa shape index (κ3) is 3.27. The van der Waals surface area contributed by atoms with Crippen LogP contribution in [0.3, 0.4) is 0 Å². The molecule has 0 saturated carbocycles. The molecule has 1 saturated heterocycles. The van der Waals surface area contributed by atoms with Gasteiger partial charge in [0, 0.05) is 24.2 Å². The van der Waals surface area contributed by atoms with Crippen molar-refractivity contribution in [3.8, 4) is 0 Å². The molecule has 122 valence electrons. The van der Waals surface area contributed by atoms with Crippen LogP contribution in [0, 0.1) is 0 Å². The Morgan fingerprint density at radius 2 is 2.23 bits per heavy atom. The fourth-order valence-electron chi connectivity index (χ4n) is 2.69. The van der Waals surface area contributed by atoms with Gasteiger partial charge in [-0.1, -0.05) is 11.6 Å². The van der Waals surface area contributed by atoms with E-state index in [0.717, 1.165) is 12.8 Å². The monoisotopic (exact) mass is 346 g/mol. The lowest BCUT2D eigenvalue weighted by molar-refractivity contribution is 0.0596. The summed E-state index contributed by atoms with van der Waals surface area (Å²) in [5.74, 6) is -0.717. The summed E-state index contributed by atoms with van der Waals surface area (Å²) in [4.78, 5) is 11.8. The van der Waals surface area contributed by atoms with Crippen molar-refractivity contribution >= 4 is 27.6 Å². The normalized spacial score (nSPS) is 19.3. The van der Waals surface area contributed by atoms with Crippen molar-refractivity contribution in [2.75, 3.05) is 27.2 Å². The van der Waals surface area contributed by atoms with Crippen molar-refractivity contribution in [1.82, 2.24) is 9.62 Å². The molecule has 0 bridgehead atoms. The Kier molecular flexibility index (Phi) is 5.44. The van der Waals surface area contributed by atoms with Gasteiger partial charge in [-0.25, -0.2) is 13.2 Å². The van der Waals surface area contributed by atoms with Gasteiger partial charge in [0.05, 0.1) is 17.6 Å². The van der Waals surface area contributed by atoms with Gasteiger partial charge in [-0.2, -0.15) is 4.31 Å². The van der Waals surface area contributed by atoms with E-state index in [9.17, 15) is 13.2 Å². The molecule has 22 heavy (non-hydrogen) atoms. The van der Waals surface area contributed by atoms with Gasteiger partial charge in [0.25, 0.3) is 0 Å². The van der Waals surface area contributed by atoms with Crippen LogP contribution in [0.1, 0.15) is 23.2 Å². The van der Waals surface area contributed by atoms with Crippen LogP contribution in [-0.4, -0.2) is 52.0 Å². The number of hydrogen-bond donors (Lipinski definition) is 1. The molecule has 0 aliphatic carbocycles. The van der Waals surface area contributed by atoms with Crippen LogP contribution in [-0.2, 0) is 14.8 Å². The molecule has 1 aliphatic rings. The Morgan fingerprint density at radius 3 is 2.86 bits per heavy atom. The number of benzene rings is 1. The minimum atomic E-state index is -3.78. The van der Waals surface area contributed by atoms with E-state index in [-0.39, 0.29) is 21.5 Å². The molecule has 0 radical (unpaired) electrons. The maximum atomic E-state index is 12.9. The summed E-state index contributed by atoms with van der Waals surface area (Å²) >= 11 is 5.88. The highest BCUT2D eigenvalue weighted by Gasteiger charge is 2.37. The minimum absolute atomic E-state index is 0.0369. The Hall–Kier alpha value is -1.15. The van der Waals surface area contributed by atoms with E-state index in [1.165, 1.54) is 29.6 Å². The zero-order chi connectivity index (χ0) is 16.3. The van der Waals surface area contributed by atoms with E-state index in [0.29, 0.717) is 13.1 Å². The molecule has 1 aromatic rings. The summed E-state index contributed by atoms with van der Waals surface area (Å²) in [5.41, 5.74) is -0.0369. The molecule has 1 unspecified atom stereocenters. The number of likely N-dealkylation sites (N-methyl/N-ethyl adjacent to an activating group) is 1. The van der Waals surface area contributed by atoms with Crippen LogP contribution in [0.5, 0.6) is 0 Å².